The number of quaternary nitrogens is 1. The van der Waals surface area contributed by atoms with Crippen LogP contribution in [0.4, 0.5) is 5.69 Å². The fraction of sp³-hybridized carbons (Fsp3) is 0. The zero-order chi connectivity index (χ0) is 12.7. The van der Waals surface area contributed by atoms with Crippen molar-refractivity contribution in [2.24, 2.45) is 0 Å². The fourth-order valence-electron chi connectivity index (χ4n) is 1.18. The summed E-state index contributed by atoms with van der Waals surface area (Å²) in [5.74, 6) is 0. The molecular weight excluding hydrogens is 218 g/mol. The molecule has 0 heterocycles. The highest BCUT2D eigenvalue weighted by Gasteiger charge is 2.03. The third-order valence-electron chi connectivity index (χ3n) is 1.97. The molecule has 84 valence electrons. The van der Waals surface area contributed by atoms with Gasteiger partial charge in [-0.2, -0.15) is 15.8 Å². The van der Waals surface area contributed by atoms with Crippen molar-refractivity contribution in [1.29, 1.82) is 10.5 Å². The van der Waals surface area contributed by atoms with Crippen LogP contribution >= 0.6 is 0 Å². The molecule has 0 saturated carbocycles. The third kappa shape index (κ3) is 3.56. The van der Waals surface area contributed by atoms with Crippen LogP contribution in [-0.4, -0.2) is 5.21 Å². The molecule has 0 spiro atoms. The second-order valence-corrected chi connectivity index (χ2v) is 3.06. The Labute approximate surface area is 98.3 Å². The van der Waals surface area contributed by atoms with Crippen LogP contribution in [0.5, 0.6) is 0 Å². The SMILES string of the molecule is N#CC(C#N)=C/C=C/c1ccccc1[NH+]([O-])O. The number of nitrogens with zero attached hydrogens (tertiary/aromatic N) is 2. The Morgan fingerprint density at radius 2 is 1.94 bits per heavy atom. The topological polar surface area (TPSA) is 95.3 Å². The maximum Gasteiger partial charge on any atom is 0.171 e. The molecular formula is C12H9N3O2. The smallest absolute Gasteiger partial charge is 0.171 e. The van der Waals surface area contributed by atoms with Crippen molar-refractivity contribution in [2.75, 3.05) is 0 Å². The first-order chi connectivity index (χ1) is 8.19. The highest BCUT2D eigenvalue weighted by Crippen LogP contribution is 2.12. The van der Waals surface area contributed by atoms with Gasteiger partial charge in [0, 0.05) is 11.6 Å². The van der Waals surface area contributed by atoms with E-state index >= 15 is 0 Å². The molecule has 5 heteroatoms. The van der Waals surface area contributed by atoms with Crippen molar-refractivity contribution in [3.8, 4) is 12.1 Å². The van der Waals surface area contributed by atoms with Gasteiger partial charge in [-0.05, 0) is 18.2 Å². The molecule has 0 radical (unpaired) electrons. The van der Waals surface area contributed by atoms with Gasteiger partial charge in [-0.1, -0.05) is 18.2 Å². The van der Waals surface area contributed by atoms with Crippen LogP contribution < -0.4 is 5.23 Å². The molecule has 17 heavy (non-hydrogen) atoms. The number of hydrogen-bond acceptors (Lipinski definition) is 4. The average molecular weight is 227 g/mol. The summed E-state index contributed by atoms with van der Waals surface area (Å²) in [6.45, 7) is 0. The Morgan fingerprint density at radius 1 is 1.29 bits per heavy atom. The van der Waals surface area contributed by atoms with Crippen LogP contribution in [0, 0.1) is 27.9 Å². The van der Waals surface area contributed by atoms with Crippen LogP contribution in [0.2, 0.25) is 0 Å². The van der Waals surface area contributed by atoms with Crippen LogP contribution in [0.15, 0.2) is 42.0 Å². The maximum atomic E-state index is 10.9. The number of nitriles is 2. The second kappa shape index (κ2) is 6.21. The van der Waals surface area contributed by atoms with Crippen LogP contribution in [-0.2, 0) is 0 Å². The lowest BCUT2D eigenvalue weighted by molar-refractivity contribution is -0.991. The quantitative estimate of drug-likeness (QED) is 0.458. The predicted octanol–water partition coefficient (Wildman–Crippen LogP) is 1.08. The summed E-state index contributed by atoms with van der Waals surface area (Å²) in [6, 6.07) is 9.89. The van der Waals surface area contributed by atoms with E-state index in [-0.39, 0.29) is 11.3 Å². The van der Waals surface area contributed by atoms with Crippen LogP contribution in [0.3, 0.4) is 0 Å². The maximum absolute atomic E-state index is 10.9. The van der Waals surface area contributed by atoms with Crippen molar-refractivity contribution < 1.29 is 10.4 Å². The molecule has 0 fully saturated rings. The lowest BCUT2D eigenvalue weighted by Crippen LogP contribution is -2.99. The summed E-state index contributed by atoms with van der Waals surface area (Å²) < 4.78 is 0. The monoisotopic (exact) mass is 227 g/mol. The molecule has 5 nitrogen and oxygen atoms in total. The number of nitrogens with one attached hydrogen (secondary N) is 1. The lowest BCUT2D eigenvalue weighted by atomic mass is 10.1. The van der Waals surface area contributed by atoms with Gasteiger partial charge in [0.2, 0.25) is 0 Å². The molecule has 0 aliphatic rings. The molecule has 0 aliphatic heterocycles. The number of allylic oxidation sites excluding steroid dienone is 3. The minimum absolute atomic E-state index is 0.0333. The number of rotatable bonds is 3. The first-order valence-corrected chi connectivity index (χ1v) is 4.70. The van der Waals surface area contributed by atoms with E-state index in [4.69, 9.17) is 15.7 Å². The molecule has 0 amide bonds. The Hall–Kier alpha value is -2.44. The molecule has 2 N–H and O–H groups in total. The zero-order valence-electron chi connectivity index (χ0n) is 8.79. The highest BCUT2D eigenvalue weighted by molar-refractivity contribution is 5.62. The average Bonchev–Trinajstić information content (AvgIpc) is 2.35. The summed E-state index contributed by atoms with van der Waals surface area (Å²) in [5.41, 5.74) is 0.660. The van der Waals surface area contributed by atoms with E-state index in [0.717, 1.165) is 0 Å². The minimum atomic E-state index is -1.02. The van der Waals surface area contributed by atoms with Gasteiger partial charge >= 0.3 is 0 Å². The Kier molecular flexibility index (Phi) is 4.61. The van der Waals surface area contributed by atoms with Gasteiger partial charge in [0.15, 0.2) is 5.69 Å². The van der Waals surface area contributed by atoms with E-state index in [1.807, 2.05) is 0 Å². The lowest BCUT2D eigenvalue weighted by Gasteiger charge is -2.13. The van der Waals surface area contributed by atoms with Crippen molar-refractivity contribution in [3.63, 3.8) is 0 Å². The normalized spacial score (nSPS) is 11.5. The fourth-order valence-corrected chi connectivity index (χ4v) is 1.18. The zero-order valence-corrected chi connectivity index (χ0v) is 8.79. The van der Waals surface area contributed by atoms with E-state index in [2.05, 4.69) is 0 Å². The van der Waals surface area contributed by atoms with Gasteiger partial charge in [-0.25, -0.2) is 5.21 Å². The molecule has 0 aromatic heterocycles. The molecule has 0 bridgehead atoms. The van der Waals surface area contributed by atoms with E-state index in [9.17, 15) is 5.21 Å². The molecule has 0 aliphatic carbocycles. The van der Waals surface area contributed by atoms with E-state index in [1.165, 1.54) is 24.3 Å². The molecule has 0 saturated heterocycles. The molecule has 1 atom stereocenters. The Morgan fingerprint density at radius 3 is 2.53 bits per heavy atom. The molecule has 1 aromatic carbocycles. The number of hydrogen-bond donors (Lipinski definition) is 2. The summed E-state index contributed by atoms with van der Waals surface area (Å²) in [6.07, 6.45) is 4.35. The molecule has 1 unspecified atom stereocenters. The van der Waals surface area contributed by atoms with Gasteiger partial charge in [-0.15, -0.1) is 0 Å². The number of benzene rings is 1. The van der Waals surface area contributed by atoms with Crippen LogP contribution in [0.25, 0.3) is 6.08 Å². The first-order valence-electron chi connectivity index (χ1n) is 4.70. The number of para-hydroxylation sites is 1. The standard InChI is InChI=1S/C12H9N3O2/c13-8-10(9-14)4-3-6-11-5-1-2-7-12(11)15(16)17/h1-7,15-16H/b6-3+. The van der Waals surface area contributed by atoms with Gasteiger partial charge in [0.25, 0.3) is 0 Å². The van der Waals surface area contributed by atoms with Crippen molar-refractivity contribution in [3.05, 3.63) is 52.8 Å². The Bertz CT molecular complexity index is 517. The molecule has 1 rings (SSSR count). The minimum Gasteiger partial charge on any atom is -0.595 e. The van der Waals surface area contributed by atoms with E-state index in [1.54, 1.807) is 30.3 Å². The summed E-state index contributed by atoms with van der Waals surface area (Å²) in [4.78, 5) is 0. The van der Waals surface area contributed by atoms with Gasteiger partial charge in [0.1, 0.15) is 17.7 Å². The van der Waals surface area contributed by atoms with Crippen LogP contribution in [0.1, 0.15) is 5.56 Å². The van der Waals surface area contributed by atoms with Gasteiger partial charge < -0.3 is 5.21 Å². The molecule has 1 aromatic rings. The largest absolute Gasteiger partial charge is 0.595 e. The third-order valence-corrected chi connectivity index (χ3v) is 1.97. The Balaban J connectivity index is 2.98. The van der Waals surface area contributed by atoms with Crippen molar-refractivity contribution >= 4 is 11.8 Å². The summed E-state index contributed by atoms with van der Waals surface area (Å²) >= 11 is 0. The van der Waals surface area contributed by atoms with Gasteiger partial charge in [0.05, 0.1) is 0 Å². The van der Waals surface area contributed by atoms with E-state index < -0.39 is 5.23 Å². The predicted molar refractivity (Wildman–Crippen MR) is 60.6 cm³/mol. The van der Waals surface area contributed by atoms with Gasteiger partial charge in [-0.3, -0.25) is 0 Å². The van der Waals surface area contributed by atoms with Crippen molar-refractivity contribution in [1.82, 2.24) is 0 Å². The highest BCUT2D eigenvalue weighted by atomic mass is 16.8. The summed E-state index contributed by atoms with van der Waals surface area (Å²) in [5, 5.41) is 35.8. The first kappa shape index (κ1) is 12.6. The second-order valence-electron chi connectivity index (χ2n) is 3.06. The van der Waals surface area contributed by atoms with Crippen molar-refractivity contribution in [2.45, 2.75) is 0 Å². The summed E-state index contributed by atoms with van der Waals surface area (Å²) in [7, 11) is 0. The van der Waals surface area contributed by atoms with E-state index in [0.29, 0.717) is 5.56 Å².